The van der Waals surface area contributed by atoms with Crippen LogP contribution in [-0.4, -0.2) is 22.9 Å². The Morgan fingerprint density at radius 1 is 1.00 bits per heavy atom. The number of alkyl halides is 3. The van der Waals surface area contributed by atoms with Crippen LogP contribution < -0.4 is 5.01 Å². The lowest BCUT2D eigenvalue weighted by Crippen LogP contribution is -2.37. The minimum atomic E-state index is -4.82. The molecule has 2 aromatic rings. The van der Waals surface area contributed by atoms with Crippen LogP contribution in [0.25, 0.3) is 0 Å². The molecule has 0 fully saturated rings. The molecule has 24 heavy (non-hydrogen) atoms. The van der Waals surface area contributed by atoms with E-state index in [2.05, 4.69) is 5.10 Å². The van der Waals surface area contributed by atoms with Gasteiger partial charge in [-0.1, -0.05) is 48.5 Å². The van der Waals surface area contributed by atoms with E-state index in [1.807, 2.05) is 0 Å². The highest BCUT2D eigenvalue weighted by molar-refractivity contribution is 6.17. The van der Waals surface area contributed by atoms with E-state index in [4.69, 9.17) is 0 Å². The third kappa shape index (κ3) is 2.90. The van der Waals surface area contributed by atoms with Gasteiger partial charge < -0.3 is 5.11 Å². The highest BCUT2D eigenvalue weighted by atomic mass is 19.4. The normalized spacial score (nSPS) is 19.3. The summed E-state index contributed by atoms with van der Waals surface area (Å²) in [4.78, 5) is 12.5. The number of benzene rings is 2. The molecule has 0 saturated heterocycles. The van der Waals surface area contributed by atoms with Gasteiger partial charge in [0.15, 0.2) is 5.71 Å². The van der Waals surface area contributed by atoms with Crippen molar-refractivity contribution in [1.29, 1.82) is 0 Å². The van der Waals surface area contributed by atoms with Crippen molar-refractivity contribution in [3.05, 3.63) is 66.2 Å². The van der Waals surface area contributed by atoms with Gasteiger partial charge in [0.2, 0.25) is 0 Å². The first-order valence-corrected chi connectivity index (χ1v) is 7.17. The molecule has 1 N–H and O–H groups in total. The lowest BCUT2D eigenvalue weighted by atomic mass is 9.91. The van der Waals surface area contributed by atoms with Gasteiger partial charge in [-0.2, -0.15) is 23.3 Å². The van der Waals surface area contributed by atoms with E-state index in [9.17, 15) is 23.1 Å². The zero-order valence-electron chi connectivity index (χ0n) is 12.3. The van der Waals surface area contributed by atoms with Gasteiger partial charge in [-0.05, 0) is 17.7 Å². The maximum absolute atomic E-state index is 13.3. The van der Waals surface area contributed by atoms with Gasteiger partial charge in [-0.15, -0.1) is 0 Å². The zero-order valence-corrected chi connectivity index (χ0v) is 12.3. The highest BCUT2D eigenvalue weighted by Gasteiger charge is 2.53. The van der Waals surface area contributed by atoms with Crippen LogP contribution in [-0.2, 0) is 4.79 Å². The molecule has 1 heterocycles. The molecule has 0 saturated carbocycles. The number of hydrazone groups is 1. The predicted molar refractivity (Wildman–Crippen MR) is 82.3 cm³/mol. The quantitative estimate of drug-likeness (QED) is 0.936. The van der Waals surface area contributed by atoms with E-state index in [1.165, 1.54) is 24.3 Å². The second-order valence-electron chi connectivity index (χ2n) is 5.30. The van der Waals surface area contributed by atoms with Gasteiger partial charge in [-0.3, -0.25) is 4.79 Å². The van der Waals surface area contributed by atoms with Crippen molar-refractivity contribution in [1.82, 2.24) is 0 Å². The molecule has 0 radical (unpaired) electrons. The molecule has 0 aromatic heterocycles. The number of carbonyl (C=O) groups is 1. The fourth-order valence-electron chi connectivity index (χ4n) is 2.58. The average molecular weight is 334 g/mol. The van der Waals surface area contributed by atoms with Gasteiger partial charge in [0.1, 0.15) is 5.92 Å². The Balaban J connectivity index is 2.02. The molecule has 0 bridgehead atoms. The van der Waals surface area contributed by atoms with E-state index in [0.29, 0.717) is 5.01 Å². The number of rotatable bonds is 3. The maximum Gasteiger partial charge on any atom is 0.432 e. The monoisotopic (exact) mass is 334 g/mol. The lowest BCUT2D eigenvalue weighted by Gasteiger charge is -2.20. The van der Waals surface area contributed by atoms with Crippen molar-refractivity contribution >= 4 is 17.3 Å². The minimum absolute atomic E-state index is 0.215. The first-order valence-electron chi connectivity index (χ1n) is 7.17. The fourth-order valence-corrected chi connectivity index (χ4v) is 2.58. The van der Waals surface area contributed by atoms with Crippen LogP contribution >= 0.6 is 0 Å². The standard InChI is InChI=1S/C17H13F3N2O2/c18-17(19,20)15-13(14(23)11-7-3-1-4-8-11)16(24)22(21-15)12-9-5-2-6-10-12/h1-10,13-14,23H/t13-,14+/m1/s1. The van der Waals surface area contributed by atoms with Gasteiger partial charge >= 0.3 is 6.18 Å². The molecule has 0 unspecified atom stereocenters. The molecular weight excluding hydrogens is 321 g/mol. The first-order chi connectivity index (χ1) is 11.4. The molecular formula is C17H13F3N2O2. The summed E-state index contributed by atoms with van der Waals surface area (Å²) in [6.07, 6.45) is -6.45. The molecule has 7 heteroatoms. The molecule has 2 atom stereocenters. The summed E-state index contributed by atoms with van der Waals surface area (Å²) >= 11 is 0. The molecule has 124 valence electrons. The SMILES string of the molecule is O=C1[C@H]([C@@H](O)c2ccccc2)C(C(F)(F)F)=NN1c1ccccc1. The Kier molecular flexibility index (Phi) is 4.11. The van der Waals surface area contributed by atoms with E-state index in [1.54, 1.807) is 36.4 Å². The van der Waals surface area contributed by atoms with Gasteiger partial charge in [0, 0.05) is 0 Å². The van der Waals surface area contributed by atoms with Crippen molar-refractivity contribution < 1.29 is 23.1 Å². The summed E-state index contributed by atoms with van der Waals surface area (Å²) in [6, 6.07) is 15.6. The number of aliphatic hydroxyl groups is 1. The Morgan fingerprint density at radius 3 is 2.08 bits per heavy atom. The number of halogens is 3. The van der Waals surface area contributed by atoms with Crippen LogP contribution in [0, 0.1) is 5.92 Å². The number of para-hydroxylation sites is 1. The van der Waals surface area contributed by atoms with Crippen molar-refractivity contribution in [3.8, 4) is 0 Å². The minimum Gasteiger partial charge on any atom is -0.387 e. The molecule has 4 nitrogen and oxygen atoms in total. The smallest absolute Gasteiger partial charge is 0.387 e. The summed E-state index contributed by atoms with van der Waals surface area (Å²) in [5.74, 6) is -2.71. The molecule has 0 spiro atoms. The number of nitrogens with zero attached hydrogens (tertiary/aromatic N) is 2. The molecule has 1 amide bonds. The van der Waals surface area contributed by atoms with Crippen molar-refractivity contribution in [3.63, 3.8) is 0 Å². The number of anilines is 1. The number of hydrogen-bond acceptors (Lipinski definition) is 3. The van der Waals surface area contributed by atoms with Crippen molar-refractivity contribution in [2.45, 2.75) is 12.3 Å². The summed E-state index contributed by atoms with van der Waals surface area (Å²) < 4.78 is 40.0. The zero-order chi connectivity index (χ0) is 17.3. The molecule has 2 aromatic carbocycles. The number of hydrogen-bond donors (Lipinski definition) is 1. The second kappa shape index (κ2) is 6.09. The Hall–Kier alpha value is -2.67. The molecule has 1 aliphatic rings. The van der Waals surface area contributed by atoms with Crippen molar-refractivity contribution in [2.75, 3.05) is 5.01 Å². The highest BCUT2D eigenvalue weighted by Crippen LogP contribution is 2.37. The van der Waals surface area contributed by atoms with Crippen LogP contribution in [0.4, 0.5) is 18.9 Å². The van der Waals surface area contributed by atoms with Crippen LogP contribution in [0.15, 0.2) is 65.8 Å². The topological polar surface area (TPSA) is 52.9 Å². The molecule has 0 aliphatic carbocycles. The van der Waals surface area contributed by atoms with Crippen LogP contribution in [0.3, 0.4) is 0 Å². The summed E-state index contributed by atoms with van der Waals surface area (Å²) in [7, 11) is 0. The largest absolute Gasteiger partial charge is 0.432 e. The average Bonchev–Trinajstić information content (AvgIpc) is 2.93. The first kappa shape index (κ1) is 16.2. The predicted octanol–water partition coefficient (Wildman–Crippen LogP) is 3.30. The van der Waals surface area contributed by atoms with E-state index in [-0.39, 0.29) is 11.3 Å². The number of carbonyl (C=O) groups excluding carboxylic acids is 1. The van der Waals surface area contributed by atoms with Gasteiger partial charge in [0.25, 0.3) is 5.91 Å². The third-order valence-electron chi connectivity index (χ3n) is 3.73. The van der Waals surface area contributed by atoms with E-state index < -0.39 is 29.8 Å². The van der Waals surface area contributed by atoms with Crippen LogP contribution in [0.5, 0.6) is 0 Å². The summed E-state index contributed by atoms with van der Waals surface area (Å²) in [5, 5.41) is 14.5. The molecule has 3 rings (SSSR count). The summed E-state index contributed by atoms with van der Waals surface area (Å²) in [5.41, 5.74) is -0.859. The Morgan fingerprint density at radius 2 is 1.54 bits per heavy atom. The third-order valence-corrected chi connectivity index (χ3v) is 3.73. The summed E-state index contributed by atoms with van der Waals surface area (Å²) in [6.45, 7) is 0. The van der Waals surface area contributed by atoms with E-state index in [0.717, 1.165) is 0 Å². The maximum atomic E-state index is 13.3. The second-order valence-corrected chi connectivity index (χ2v) is 5.30. The number of amides is 1. The van der Waals surface area contributed by atoms with Crippen LogP contribution in [0.2, 0.25) is 0 Å². The van der Waals surface area contributed by atoms with E-state index >= 15 is 0 Å². The Labute approximate surface area is 135 Å². The lowest BCUT2D eigenvalue weighted by molar-refractivity contribution is -0.123. The van der Waals surface area contributed by atoms with Crippen molar-refractivity contribution in [2.24, 2.45) is 11.0 Å². The number of aliphatic hydroxyl groups excluding tert-OH is 1. The molecule has 1 aliphatic heterocycles. The van der Waals surface area contributed by atoms with Gasteiger partial charge in [0.05, 0.1) is 11.8 Å². The fraction of sp³-hybridized carbons (Fsp3) is 0.176. The van der Waals surface area contributed by atoms with Crippen LogP contribution in [0.1, 0.15) is 11.7 Å². The Bertz CT molecular complexity index is 760. The van der Waals surface area contributed by atoms with Gasteiger partial charge in [-0.25, -0.2) is 0 Å².